The molecule has 0 saturated carbocycles. The van der Waals surface area contributed by atoms with Crippen LogP contribution >= 0.6 is 27.3 Å². The molecule has 0 unspecified atom stereocenters. The first-order valence-corrected chi connectivity index (χ1v) is 11.0. The van der Waals surface area contributed by atoms with Gasteiger partial charge in [-0.3, -0.25) is 4.99 Å². The van der Waals surface area contributed by atoms with Crippen molar-refractivity contribution in [3.63, 3.8) is 0 Å². The zero-order chi connectivity index (χ0) is 17.0. The highest BCUT2D eigenvalue weighted by Crippen LogP contribution is 2.24. The zero-order valence-corrected chi connectivity index (χ0v) is 16.4. The zero-order valence-electron chi connectivity index (χ0n) is 13.2. The molecule has 1 aliphatic rings. The Bertz CT molecular complexity index is 805. The van der Waals surface area contributed by atoms with Crippen LogP contribution in [0.25, 0.3) is 0 Å². The molecule has 1 aromatic heterocycles. The second kappa shape index (κ2) is 7.91. The van der Waals surface area contributed by atoms with Gasteiger partial charge in [0, 0.05) is 24.2 Å². The van der Waals surface area contributed by atoms with E-state index in [2.05, 4.69) is 20.9 Å². The van der Waals surface area contributed by atoms with Crippen LogP contribution in [0.4, 0.5) is 5.69 Å². The molecule has 0 amide bonds. The minimum atomic E-state index is -3.39. The monoisotopic (exact) mass is 426 g/mol. The summed E-state index contributed by atoms with van der Waals surface area (Å²) in [5.74, 6) is 0. The Morgan fingerprint density at radius 1 is 1.00 bits per heavy atom. The van der Waals surface area contributed by atoms with E-state index in [0.29, 0.717) is 18.0 Å². The standard InChI is InChI=1S/C17H19BrN2O2S2/c18-17-10-7-15(23-17)13-19-14-5-8-16(9-6-14)24(21,22)20-11-3-1-2-4-12-20/h5-10,13H,1-4,11-12H2. The maximum absolute atomic E-state index is 12.7. The van der Waals surface area contributed by atoms with Crippen LogP contribution in [-0.2, 0) is 10.0 Å². The average Bonchev–Trinajstić information content (AvgIpc) is 2.83. The number of benzene rings is 1. The minimum Gasteiger partial charge on any atom is -0.255 e. The topological polar surface area (TPSA) is 49.7 Å². The maximum atomic E-state index is 12.7. The molecule has 0 aliphatic carbocycles. The highest BCUT2D eigenvalue weighted by molar-refractivity contribution is 9.11. The maximum Gasteiger partial charge on any atom is 0.243 e. The molecule has 128 valence electrons. The summed E-state index contributed by atoms with van der Waals surface area (Å²) >= 11 is 5.02. The van der Waals surface area contributed by atoms with Gasteiger partial charge in [-0.05, 0) is 65.2 Å². The molecule has 1 aromatic carbocycles. The molecule has 0 spiro atoms. The predicted octanol–water partition coefficient (Wildman–Crippen LogP) is 4.83. The summed E-state index contributed by atoms with van der Waals surface area (Å²) in [4.78, 5) is 5.79. The van der Waals surface area contributed by atoms with E-state index in [1.165, 1.54) is 0 Å². The summed E-state index contributed by atoms with van der Waals surface area (Å²) in [5.41, 5.74) is 0.745. The third-order valence-electron chi connectivity index (χ3n) is 3.97. The van der Waals surface area contributed by atoms with E-state index in [4.69, 9.17) is 0 Å². The lowest BCUT2D eigenvalue weighted by Crippen LogP contribution is -2.31. The van der Waals surface area contributed by atoms with Gasteiger partial charge in [0.1, 0.15) is 0 Å². The Morgan fingerprint density at radius 3 is 2.25 bits per heavy atom. The Hall–Kier alpha value is -1.02. The second-order valence-corrected chi connectivity index (χ2v) is 10.1. The van der Waals surface area contributed by atoms with Crippen molar-refractivity contribution >= 4 is 49.2 Å². The average molecular weight is 427 g/mol. The van der Waals surface area contributed by atoms with Crippen LogP contribution in [0.5, 0.6) is 0 Å². The van der Waals surface area contributed by atoms with Gasteiger partial charge in [0.05, 0.1) is 14.4 Å². The van der Waals surface area contributed by atoms with Gasteiger partial charge in [0.15, 0.2) is 0 Å². The van der Waals surface area contributed by atoms with E-state index in [1.807, 2.05) is 12.1 Å². The molecule has 2 heterocycles. The fourth-order valence-corrected chi connectivity index (χ4v) is 5.48. The molecule has 7 heteroatoms. The van der Waals surface area contributed by atoms with Crippen LogP contribution in [0, 0.1) is 0 Å². The van der Waals surface area contributed by atoms with E-state index >= 15 is 0 Å². The lowest BCUT2D eigenvalue weighted by Gasteiger charge is -2.19. The molecule has 4 nitrogen and oxygen atoms in total. The number of rotatable bonds is 4. The Balaban J connectivity index is 1.74. The quantitative estimate of drug-likeness (QED) is 0.657. The lowest BCUT2D eigenvalue weighted by molar-refractivity contribution is 0.424. The molecule has 1 aliphatic heterocycles. The van der Waals surface area contributed by atoms with Gasteiger partial charge in [-0.1, -0.05) is 12.8 Å². The van der Waals surface area contributed by atoms with Crippen LogP contribution in [-0.4, -0.2) is 32.0 Å². The number of aliphatic imine (C=N–C) groups is 1. The summed E-state index contributed by atoms with van der Waals surface area (Å²) in [7, 11) is -3.39. The smallest absolute Gasteiger partial charge is 0.243 e. The number of hydrogen-bond acceptors (Lipinski definition) is 4. The highest BCUT2D eigenvalue weighted by atomic mass is 79.9. The summed E-state index contributed by atoms with van der Waals surface area (Å²) in [6.45, 7) is 1.24. The summed E-state index contributed by atoms with van der Waals surface area (Å²) < 4.78 is 28.1. The second-order valence-electron chi connectivity index (χ2n) is 5.71. The molecule has 2 aromatic rings. The van der Waals surface area contributed by atoms with Gasteiger partial charge in [-0.25, -0.2) is 8.42 Å². The number of thiophene rings is 1. The normalized spacial score (nSPS) is 17.2. The molecular formula is C17H19BrN2O2S2. The first kappa shape index (κ1) is 17.8. The molecular weight excluding hydrogens is 408 g/mol. The lowest BCUT2D eigenvalue weighted by atomic mass is 10.2. The third kappa shape index (κ3) is 4.33. The predicted molar refractivity (Wildman–Crippen MR) is 103 cm³/mol. The number of sulfonamides is 1. The Labute approximate surface area is 155 Å². The van der Waals surface area contributed by atoms with Gasteiger partial charge >= 0.3 is 0 Å². The van der Waals surface area contributed by atoms with Crippen molar-refractivity contribution < 1.29 is 8.42 Å². The molecule has 1 saturated heterocycles. The number of hydrogen-bond donors (Lipinski definition) is 0. The van der Waals surface area contributed by atoms with Crippen molar-refractivity contribution in [1.29, 1.82) is 0 Å². The fourth-order valence-electron chi connectivity index (χ4n) is 2.67. The van der Waals surface area contributed by atoms with E-state index in [0.717, 1.165) is 40.0 Å². The van der Waals surface area contributed by atoms with Crippen molar-refractivity contribution in [2.75, 3.05) is 13.1 Å². The van der Waals surface area contributed by atoms with Gasteiger partial charge in [0.25, 0.3) is 0 Å². The fraction of sp³-hybridized carbons (Fsp3) is 0.353. The molecule has 0 radical (unpaired) electrons. The van der Waals surface area contributed by atoms with Crippen LogP contribution in [0.1, 0.15) is 30.6 Å². The Morgan fingerprint density at radius 2 is 1.67 bits per heavy atom. The van der Waals surface area contributed by atoms with Crippen LogP contribution < -0.4 is 0 Å². The van der Waals surface area contributed by atoms with E-state index < -0.39 is 10.0 Å². The van der Waals surface area contributed by atoms with E-state index in [1.54, 1.807) is 46.1 Å². The van der Waals surface area contributed by atoms with Gasteiger partial charge < -0.3 is 0 Å². The van der Waals surface area contributed by atoms with E-state index in [9.17, 15) is 8.42 Å². The Kier molecular flexibility index (Phi) is 5.86. The summed E-state index contributed by atoms with van der Waals surface area (Å²) in [6, 6.07) is 10.8. The molecule has 1 fully saturated rings. The molecule has 3 rings (SSSR count). The van der Waals surface area contributed by atoms with Gasteiger partial charge in [-0.15, -0.1) is 11.3 Å². The van der Waals surface area contributed by atoms with Crippen molar-refractivity contribution in [3.05, 3.63) is 45.1 Å². The van der Waals surface area contributed by atoms with Gasteiger partial charge in [0.2, 0.25) is 10.0 Å². The largest absolute Gasteiger partial charge is 0.255 e. The van der Waals surface area contributed by atoms with Crippen LogP contribution in [0.2, 0.25) is 0 Å². The molecule has 0 bridgehead atoms. The number of nitrogens with zero attached hydrogens (tertiary/aromatic N) is 2. The van der Waals surface area contributed by atoms with Crippen molar-refractivity contribution in [1.82, 2.24) is 4.31 Å². The van der Waals surface area contributed by atoms with Crippen molar-refractivity contribution in [2.45, 2.75) is 30.6 Å². The van der Waals surface area contributed by atoms with Crippen molar-refractivity contribution in [3.8, 4) is 0 Å². The highest BCUT2D eigenvalue weighted by Gasteiger charge is 2.24. The summed E-state index contributed by atoms with van der Waals surface area (Å²) in [5, 5.41) is 0. The van der Waals surface area contributed by atoms with Crippen molar-refractivity contribution in [2.24, 2.45) is 4.99 Å². The van der Waals surface area contributed by atoms with Gasteiger partial charge in [-0.2, -0.15) is 4.31 Å². The SMILES string of the molecule is O=S(=O)(c1ccc(N=Cc2ccc(Br)s2)cc1)N1CCCCCC1. The molecule has 0 atom stereocenters. The first-order chi connectivity index (χ1) is 11.6. The minimum absolute atomic E-state index is 0.349. The van der Waals surface area contributed by atoms with Crippen LogP contribution in [0.3, 0.4) is 0 Å². The third-order valence-corrected chi connectivity index (χ3v) is 7.45. The summed E-state index contributed by atoms with van der Waals surface area (Å²) in [6.07, 6.45) is 5.89. The van der Waals surface area contributed by atoms with E-state index in [-0.39, 0.29) is 0 Å². The molecule has 24 heavy (non-hydrogen) atoms. The molecule has 0 N–H and O–H groups in total. The number of halogens is 1. The van der Waals surface area contributed by atoms with Crippen LogP contribution in [0.15, 0.2) is 50.1 Å². The first-order valence-electron chi connectivity index (χ1n) is 7.95.